The van der Waals surface area contributed by atoms with Crippen LogP contribution in [0.5, 0.6) is 5.75 Å². The van der Waals surface area contributed by atoms with Gasteiger partial charge in [0.15, 0.2) is 0 Å². The van der Waals surface area contributed by atoms with Gasteiger partial charge in [-0.2, -0.15) is 0 Å². The SMILES string of the molecule is CCCCCCCCCCOC(=O)CC1C(=O)NCCN1C(=O)c1cccc(OCCCC)c1. The maximum atomic E-state index is 13.2. The highest BCUT2D eigenvalue weighted by Crippen LogP contribution is 2.19. The standard InChI is InChI=1S/C27H42N2O5/c1-3-5-7-8-9-10-11-12-19-34-25(30)21-24-26(31)28-16-17-29(24)27(32)22-14-13-15-23(20-22)33-18-6-4-2/h13-15,20,24H,3-12,16-19,21H2,1-2H3,(H,28,31). The number of nitrogens with zero attached hydrogens (tertiary/aromatic N) is 1. The fourth-order valence-corrected chi connectivity index (χ4v) is 4.02. The lowest BCUT2D eigenvalue weighted by Crippen LogP contribution is -2.57. The summed E-state index contributed by atoms with van der Waals surface area (Å²) in [5, 5.41) is 2.76. The number of esters is 1. The van der Waals surface area contributed by atoms with E-state index in [1.807, 2.05) is 6.07 Å². The van der Waals surface area contributed by atoms with E-state index in [1.54, 1.807) is 18.2 Å². The number of hydrogen-bond donors (Lipinski definition) is 1. The Morgan fingerprint density at radius 3 is 2.41 bits per heavy atom. The topological polar surface area (TPSA) is 84.9 Å². The number of amides is 2. The van der Waals surface area contributed by atoms with Crippen LogP contribution < -0.4 is 10.1 Å². The van der Waals surface area contributed by atoms with Crippen LogP contribution >= 0.6 is 0 Å². The second-order valence-electron chi connectivity index (χ2n) is 8.93. The lowest BCUT2D eigenvalue weighted by Gasteiger charge is -2.34. The van der Waals surface area contributed by atoms with Gasteiger partial charge in [-0.3, -0.25) is 14.4 Å². The molecule has 0 bridgehead atoms. The molecule has 34 heavy (non-hydrogen) atoms. The summed E-state index contributed by atoms with van der Waals surface area (Å²) < 4.78 is 11.1. The molecule has 1 atom stereocenters. The van der Waals surface area contributed by atoms with Gasteiger partial charge < -0.3 is 19.7 Å². The molecule has 1 unspecified atom stereocenters. The lowest BCUT2D eigenvalue weighted by molar-refractivity contribution is -0.147. The van der Waals surface area contributed by atoms with Gasteiger partial charge in [0.1, 0.15) is 11.8 Å². The molecule has 0 spiro atoms. The third-order valence-electron chi connectivity index (χ3n) is 6.06. The minimum absolute atomic E-state index is 0.138. The molecular weight excluding hydrogens is 432 g/mol. The Bertz CT molecular complexity index is 767. The molecule has 1 heterocycles. The van der Waals surface area contributed by atoms with Gasteiger partial charge >= 0.3 is 5.97 Å². The van der Waals surface area contributed by atoms with Crippen molar-refractivity contribution in [1.29, 1.82) is 0 Å². The van der Waals surface area contributed by atoms with Gasteiger partial charge in [-0.1, -0.05) is 71.3 Å². The van der Waals surface area contributed by atoms with Gasteiger partial charge in [-0.15, -0.1) is 0 Å². The monoisotopic (exact) mass is 474 g/mol. The molecule has 2 amide bonds. The number of hydrogen-bond acceptors (Lipinski definition) is 5. The van der Waals surface area contributed by atoms with E-state index in [2.05, 4.69) is 19.2 Å². The second-order valence-corrected chi connectivity index (χ2v) is 8.93. The molecule has 1 N–H and O–H groups in total. The van der Waals surface area contributed by atoms with E-state index in [4.69, 9.17) is 9.47 Å². The van der Waals surface area contributed by atoms with Gasteiger partial charge in [-0.25, -0.2) is 0 Å². The molecular formula is C27H42N2O5. The Hall–Kier alpha value is -2.57. The molecule has 1 aliphatic heterocycles. The summed E-state index contributed by atoms with van der Waals surface area (Å²) in [6, 6.07) is 6.12. The summed E-state index contributed by atoms with van der Waals surface area (Å²) >= 11 is 0. The maximum Gasteiger partial charge on any atom is 0.308 e. The number of rotatable bonds is 16. The average Bonchev–Trinajstić information content (AvgIpc) is 2.84. The summed E-state index contributed by atoms with van der Waals surface area (Å²) in [5.41, 5.74) is 0.445. The third kappa shape index (κ3) is 9.74. The maximum absolute atomic E-state index is 13.2. The van der Waals surface area contributed by atoms with Crippen molar-refractivity contribution in [2.75, 3.05) is 26.3 Å². The van der Waals surface area contributed by atoms with E-state index < -0.39 is 12.0 Å². The van der Waals surface area contributed by atoms with Gasteiger partial charge in [0, 0.05) is 18.7 Å². The van der Waals surface area contributed by atoms with E-state index in [0.29, 0.717) is 37.6 Å². The van der Waals surface area contributed by atoms with Crippen LogP contribution in [0.4, 0.5) is 0 Å². The van der Waals surface area contributed by atoms with Gasteiger partial charge in [-0.05, 0) is 31.0 Å². The summed E-state index contributed by atoms with van der Waals surface area (Å²) in [6.07, 6.45) is 11.2. The number of unbranched alkanes of at least 4 members (excludes halogenated alkanes) is 8. The number of piperazine rings is 1. The zero-order chi connectivity index (χ0) is 24.6. The molecule has 0 saturated carbocycles. The van der Waals surface area contributed by atoms with Crippen molar-refractivity contribution < 1.29 is 23.9 Å². The van der Waals surface area contributed by atoms with Crippen LogP contribution in [-0.4, -0.2) is 55.0 Å². The van der Waals surface area contributed by atoms with Crippen LogP contribution in [0.2, 0.25) is 0 Å². The van der Waals surface area contributed by atoms with Crippen LogP contribution in [0, 0.1) is 0 Å². The number of carbonyl (C=O) groups is 3. The molecule has 1 fully saturated rings. The van der Waals surface area contributed by atoms with Crippen LogP contribution in [-0.2, 0) is 14.3 Å². The quantitative estimate of drug-likeness (QED) is 0.273. The van der Waals surface area contributed by atoms with Crippen molar-refractivity contribution in [2.45, 2.75) is 90.5 Å². The summed E-state index contributed by atoms with van der Waals surface area (Å²) in [5.74, 6) is -0.419. The van der Waals surface area contributed by atoms with Crippen molar-refractivity contribution in [1.82, 2.24) is 10.2 Å². The Balaban J connectivity index is 1.83. The average molecular weight is 475 g/mol. The molecule has 0 aromatic heterocycles. The molecule has 1 aromatic carbocycles. The fourth-order valence-electron chi connectivity index (χ4n) is 4.02. The first-order valence-corrected chi connectivity index (χ1v) is 13.0. The minimum atomic E-state index is -0.864. The molecule has 2 rings (SSSR count). The highest BCUT2D eigenvalue weighted by molar-refractivity contribution is 5.99. The third-order valence-corrected chi connectivity index (χ3v) is 6.06. The van der Waals surface area contributed by atoms with Crippen molar-refractivity contribution in [2.24, 2.45) is 0 Å². The molecule has 7 nitrogen and oxygen atoms in total. The number of carbonyl (C=O) groups excluding carboxylic acids is 3. The summed E-state index contributed by atoms with van der Waals surface area (Å²) in [7, 11) is 0. The highest BCUT2D eigenvalue weighted by Gasteiger charge is 2.35. The number of ether oxygens (including phenoxy) is 2. The normalized spacial score (nSPS) is 15.6. The number of nitrogens with one attached hydrogen (secondary N) is 1. The molecule has 0 radical (unpaired) electrons. The van der Waals surface area contributed by atoms with Crippen molar-refractivity contribution in [3.63, 3.8) is 0 Å². The van der Waals surface area contributed by atoms with E-state index in [0.717, 1.165) is 32.1 Å². The highest BCUT2D eigenvalue weighted by atomic mass is 16.5. The predicted octanol–water partition coefficient (Wildman–Crippen LogP) is 4.88. The zero-order valence-corrected chi connectivity index (χ0v) is 21.0. The Morgan fingerprint density at radius 2 is 1.68 bits per heavy atom. The smallest absolute Gasteiger partial charge is 0.308 e. The van der Waals surface area contributed by atoms with Gasteiger partial charge in [0.25, 0.3) is 5.91 Å². The zero-order valence-electron chi connectivity index (χ0n) is 21.0. The summed E-state index contributed by atoms with van der Waals surface area (Å²) in [4.78, 5) is 39.6. The molecule has 1 aliphatic rings. The lowest BCUT2D eigenvalue weighted by atomic mass is 10.1. The Labute approximate surface area is 204 Å². The van der Waals surface area contributed by atoms with E-state index >= 15 is 0 Å². The van der Waals surface area contributed by atoms with Crippen LogP contribution in [0.3, 0.4) is 0 Å². The first kappa shape index (κ1) is 27.7. The summed E-state index contributed by atoms with van der Waals surface area (Å²) in [6.45, 7) is 5.96. The Kier molecular flexibility index (Phi) is 13.1. The second kappa shape index (κ2) is 16.1. The molecule has 1 aromatic rings. The molecule has 7 heteroatoms. The molecule has 190 valence electrons. The first-order chi connectivity index (χ1) is 16.6. The fraction of sp³-hybridized carbons (Fsp3) is 0.667. The molecule has 1 saturated heterocycles. The Morgan fingerprint density at radius 1 is 0.971 bits per heavy atom. The van der Waals surface area contributed by atoms with Crippen LogP contribution in [0.25, 0.3) is 0 Å². The van der Waals surface area contributed by atoms with Crippen molar-refractivity contribution >= 4 is 17.8 Å². The largest absolute Gasteiger partial charge is 0.494 e. The molecule has 0 aliphatic carbocycles. The van der Waals surface area contributed by atoms with Crippen LogP contribution in [0.15, 0.2) is 24.3 Å². The van der Waals surface area contributed by atoms with Gasteiger partial charge in [0.05, 0.1) is 19.6 Å². The van der Waals surface area contributed by atoms with E-state index in [1.165, 1.54) is 37.0 Å². The van der Waals surface area contributed by atoms with Crippen molar-refractivity contribution in [3.05, 3.63) is 29.8 Å². The minimum Gasteiger partial charge on any atom is -0.494 e. The van der Waals surface area contributed by atoms with E-state index in [-0.39, 0.29) is 18.2 Å². The predicted molar refractivity (Wildman–Crippen MR) is 133 cm³/mol. The van der Waals surface area contributed by atoms with Crippen molar-refractivity contribution in [3.8, 4) is 5.75 Å². The van der Waals surface area contributed by atoms with Crippen LogP contribution in [0.1, 0.15) is 94.8 Å². The first-order valence-electron chi connectivity index (χ1n) is 13.0. The van der Waals surface area contributed by atoms with E-state index in [9.17, 15) is 14.4 Å². The van der Waals surface area contributed by atoms with Gasteiger partial charge in [0.2, 0.25) is 5.91 Å². The number of benzene rings is 1.